The van der Waals surface area contributed by atoms with Crippen molar-refractivity contribution in [1.29, 1.82) is 5.26 Å². The summed E-state index contributed by atoms with van der Waals surface area (Å²) in [7, 11) is 0. The van der Waals surface area contributed by atoms with Crippen molar-refractivity contribution in [1.82, 2.24) is 5.32 Å². The van der Waals surface area contributed by atoms with Crippen molar-refractivity contribution in [2.24, 2.45) is 11.7 Å². The van der Waals surface area contributed by atoms with Gasteiger partial charge in [-0.15, -0.1) is 0 Å². The third kappa shape index (κ3) is 6.82. The number of hydrogen-bond donors (Lipinski definition) is 2. The van der Waals surface area contributed by atoms with Crippen molar-refractivity contribution in [3.63, 3.8) is 0 Å². The Labute approximate surface area is 185 Å². The van der Waals surface area contributed by atoms with Crippen molar-refractivity contribution in [3.8, 4) is 17.6 Å². The van der Waals surface area contributed by atoms with Gasteiger partial charge in [-0.3, -0.25) is 4.79 Å². The second-order valence-electron chi connectivity index (χ2n) is 8.47. The Kier molecular flexibility index (Phi) is 7.99. The van der Waals surface area contributed by atoms with Crippen molar-refractivity contribution < 1.29 is 13.9 Å². The van der Waals surface area contributed by atoms with Crippen molar-refractivity contribution in [2.75, 3.05) is 0 Å². The predicted molar refractivity (Wildman–Crippen MR) is 119 cm³/mol. The van der Waals surface area contributed by atoms with Crippen LogP contribution in [0.25, 0.3) is 0 Å². The van der Waals surface area contributed by atoms with E-state index in [0.717, 1.165) is 12.5 Å². The fourth-order valence-corrected chi connectivity index (χ4v) is 3.73. The van der Waals surface area contributed by atoms with Crippen LogP contribution in [0.15, 0.2) is 40.9 Å². The van der Waals surface area contributed by atoms with Crippen LogP contribution in [0.4, 0.5) is 4.39 Å². The lowest BCUT2D eigenvalue weighted by Gasteiger charge is -2.28. The number of halogens is 2. The van der Waals surface area contributed by atoms with E-state index in [-0.39, 0.29) is 39.0 Å². The summed E-state index contributed by atoms with van der Waals surface area (Å²) in [4.78, 5) is 12.8. The topological polar surface area (TPSA) is 88.1 Å². The molecule has 160 valence electrons. The van der Waals surface area contributed by atoms with Crippen LogP contribution in [0.5, 0.6) is 11.5 Å². The first-order chi connectivity index (χ1) is 14.0. The van der Waals surface area contributed by atoms with E-state index in [1.54, 1.807) is 24.3 Å². The Morgan fingerprint density at radius 2 is 2.00 bits per heavy atom. The normalized spacial score (nSPS) is 12.4. The molecule has 0 saturated carbocycles. The minimum Gasteiger partial charge on any atom is -0.452 e. The molecular formula is C23H27BrFN3O2. The van der Waals surface area contributed by atoms with Crippen LogP contribution < -0.4 is 15.8 Å². The van der Waals surface area contributed by atoms with Gasteiger partial charge in [0.05, 0.1) is 10.0 Å². The number of nitrogens with two attached hydrogens (primary N) is 1. The molecule has 2 rings (SSSR count). The molecule has 0 radical (unpaired) electrons. The number of rotatable bonds is 8. The Morgan fingerprint density at radius 3 is 2.57 bits per heavy atom. The molecule has 30 heavy (non-hydrogen) atoms. The van der Waals surface area contributed by atoms with Gasteiger partial charge in [-0.25, -0.2) is 4.39 Å². The summed E-state index contributed by atoms with van der Waals surface area (Å²) in [5, 5.41) is 12.2. The highest BCUT2D eigenvalue weighted by Gasteiger charge is 2.23. The van der Waals surface area contributed by atoms with E-state index in [9.17, 15) is 14.4 Å². The molecule has 5 nitrogen and oxygen atoms in total. The van der Waals surface area contributed by atoms with Gasteiger partial charge in [0.2, 0.25) is 0 Å². The van der Waals surface area contributed by atoms with E-state index in [1.165, 1.54) is 6.07 Å². The summed E-state index contributed by atoms with van der Waals surface area (Å²) in [5.41, 5.74) is 6.15. The van der Waals surface area contributed by atoms with Gasteiger partial charge in [-0.1, -0.05) is 26.0 Å². The minimum atomic E-state index is -0.707. The second kappa shape index (κ2) is 10.1. The predicted octanol–water partition coefficient (Wildman–Crippen LogP) is 5.52. The van der Waals surface area contributed by atoms with Gasteiger partial charge in [-0.2, -0.15) is 5.26 Å². The Morgan fingerprint density at radius 1 is 1.33 bits per heavy atom. The fourth-order valence-electron chi connectivity index (χ4n) is 3.21. The quantitative estimate of drug-likeness (QED) is 0.525. The first-order valence-electron chi connectivity index (χ1n) is 9.76. The summed E-state index contributed by atoms with van der Waals surface area (Å²) < 4.78 is 20.7. The number of carbonyl (C=O) groups is 1. The van der Waals surface area contributed by atoms with E-state index < -0.39 is 11.4 Å². The maximum absolute atomic E-state index is 14.8. The third-order valence-electron chi connectivity index (χ3n) is 4.34. The molecule has 1 amide bonds. The molecule has 0 heterocycles. The molecular weight excluding hydrogens is 449 g/mol. The number of benzene rings is 2. The van der Waals surface area contributed by atoms with E-state index in [0.29, 0.717) is 12.3 Å². The van der Waals surface area contributed by atoms with Crippen LogP contribution >= 0.6 is 15.9 Å². The molecule has 0 saturated heterocycles. The van der Waals surface area contributed by atoms with Crippen LogP contribution in [0.2, 0.25) is 0 Å². The number of para-hydroxylation sites is 1. The molecule has 0 aliphatic carbocycles. The SMILES string of the molecule is CC(C)CC(CC(C)(C)N)NC(=O)c1cc(F)c(Oc2ccccc2C#N)c(Br)c1. The first-order valence-corrected chi connectivity index (χ1v) is 10.5. The van der Waals surface area contributed by atoms with Crippen LogP contribution in [0.1, 0.15) is 56.5 Å². The molecule has 0 bridgehead atoms. The molecule has 2 aromatic carbocycles. The number of nitrogens with zero attached hydrogens (tertiary/aromatic N) is 1. The number of hydrogen-bond acceptors (Lipinski definition) is 4. The Hall–Kier alpha value is -2.43. The van der Waals surface area contributed by atoms with Gasteiger partial charge in [0.1, 0.15) is 11.8 Å². The first kappa shape index (κ1) is 23.8. The molecule has 0 aliphatic rings. The molecule has 1 unspecified atom stereocenters. The fraction of sp³-hybridized carbons (Fsp3) is 0.391. The largest absolute Gasteiger partial charge is 0.452 e. The van der Waals surface area contributed by atoms with Gasteiger partial charge in [0.25, 0.3) is 5.91 Å². The third-order valence-corrected chi connectivity index (χ3v) is 4.93. The zero-order chi connectivity index (χ0) is 22.5. The maximum Gasteiger partial charge on any atom is 0.251 e. The average molecular weight is 476 g/mol. The zero-order valence-corrected chi connectivity index (χ0v) is 19.2. The van der Waals surface area contributed by atoms with E-state index in [1.807, 2.05) is 19.9 Å². The van der Waals surface area contributed by atoms with Crippen LogP contribution in [-0.2, 0) is 0 Å². The summed E-state index contributed by atoms with van der Waals surface area (Å²) in [5.74, 6) is -0.567. The smallest absolute Gasteiger partial charge is 0.251 e. The molecule has 0 aromatic heterocycles. The highest BCUT2D eigenvalue weighted by Crippen LogP contribution is 2.35. The lowest BCUT2D eigenvalue weighted by Crippen LogP contribution is -2.44. The lowest BCUT2D eigenvalue weighted by atomic mass is 9.91. The van der Waals surface area contributed by atoms with Gasteiger partial charge >= 0.3 is 0 Å². The number of amides is 1. The summed E-state index contributed by atoms with van der Waals surface area (Å²) in [6.07, 6.45) is 1.37. The molecule has 0 fully saturated rings. The standard InChI is InChI=1S/C23H27BrFN3O2/c1-14(2)9-17(12-23(3,4)27)28-22(29)16-10-18(24)21(19(25)11-16)30-20-8-6-5-7-15(20)13-26/h5-8,10-11,14,17H,9,12,27H2,1-4H3,(H,28,29). The van der Waals surface area contributed by atoms with Gasteiger partial charge < -0.3 is 15.8 Å². The summed E-state index contributed by atoms with van der Waals surface area (Å²) in [6.45, 7) is 7.97. The van der Waals surface area contributed by atoms with Crippen molar-refractivity contribution in [2.45, 2.75) is 52.1 Å². The summed E-state index contributed by atoms with van der Waals surface area (Å²) in [6, 6.07) is 11.1. The zero-order valence-electron chi connectivity index (χ0n) is 17.6. The Balaban J connectivity index is 2.24. The van der Waals surface area contributed by atoms with Gasteiger partial charge in [0.15, 0.2) is 11.6 Å². The van der Waals surface area contributed by atoms with Crippen molar-refractivity contribution >= 4 is 21.8 Å². The second-order valence-corrected chi connectivity index (χ2v) is 9.33. The number of nitrogens with one attached hydrogen (secondary N) is 1. The van der Waals surface area contributed by atoms with Gasteiger partial charge in [-0.05, 0) is 72.8 Å². The molecule has 3 N–H and O–H groups in total. The maximum atomic E-state index is 14.8. The van der Waals surface area contributed by atoms with Crippen LogP contribution in [-0.4, -0.2) is 17.5 Å². The minimum absolute atomic E-state index is 0.0870. The average Bonchev–Trinajstić information content (AvgIpc) is 2.62. The molecule has 2 aromatic rings. The van der Waals surface area contributed by atoms with E-state index >= 15 is 0 Å². The molecule has 0 aliphatic heterocycles. The molecule has 0 spiro atoms. The van der Waals surface area contributed by atoms with Crippen LogP contribution in [0.3, 0.4) is 0 Å². The Bertz CT molecular complexity index is 925. The highest BCUT2D eigenvalue weighted by molar-refractivity contribution is 9.10. The van der Waals surface area contributed by atoms with E-state index in [4.69, 9.17) is 10.5 Å². The number of nitriles is 1. The highest BCUT2D eigenvalue weighted by atomic mass is 79.9. The lowest BCUT2D eigenvalue weighted by molar-refractivity contribution is 0.0924. The number of ether oxygens (including phenoxy) is 1. The van der Waals surface area contributed by atoms with Crippen molar-refractivity contribution in [3.05, 3.63) is 57.8 Å². The van der Waals surface area contributed by atoms with Gasteiger partial charge in [0, 0.05) is 17.1 Å². The molecule has 1 atom stereocenters. The van der Waals surface area contributed by atoms with Crippen LogP contribution in [0, 0.1) is 23.1 Å². The monoisotopic (exact) mass is 475 g/mol. The molecule has 7 heteroatoms. The summed E-state index contributed by atoms with van der Waals surface area (Å²) >= 11 is 3.28. The number of carbonyl (C=O) groups excluding carboxylic acids is 1. The van der Waals surface area contributed by atoms with E-state index in [2.05, 4.69) is 35.1 Å².